The monoisotopic (exact) mass is 235 g/mol. The summed E-state index contributed by atoms with van der Waals surface area (Å²) in [6.07, 6.45) is 3.03. The minimum absolute atomic E-state index is 0.254. The molecule has 0 radical (unpaired) electrons. The summed E-state index contributed by atoms with van der Waals surface area (Å²) in [5.74, 6) is 0.733. The lowest BCUT2D eigenvalue weighted by molar-refractivity contribution is 0.469. The molecule has 0 amide bonds. The van der Waals surface area contributed by atoms with Crippen LogP contribution in [0.5, 0.6) is 5.75 Å². The Morgan fingerprint density at radius 3 is 2.56 bits per heavy atom. The van der Waals surface area contributed by atoms with Crippen LogP contribution in [0.2, 0.25) is 5.02 Å². The molecular formula is C11H10ClN3O. The molecule has 0 bridgehead atoms. The Kier molecular flexibility index (Phi) is 3.22. The van der Waals surface area contributed by atoms with Crippen molar-refractivity contribution in [2.75, 3.05) is 5.32 Å². The molecule has 0 atom stereocenters. The van der Waals surface area contributed by atoms with Crippen LogP contribution < -0.4 is 5.32 Å². The van der Waals surface area contributed by atoms with E-state index in [2.05, 4.69) is 15.3 Å². The van der Waals surface area contributed by atoms with Crippen LogP contribution in [-0.2, 0) is 6.54 Å². The lowest BCUT2D eigenvalue weighted by atomic mass is 10.2. The third-order valence-corrected chi connectivity index (χ3v) is 2.24. The fraction of sp³-hybridized carbons (Fsp3) is 0.0909. The summed E-state index contributed by atoms with van der Waals surface area (Å²) in [7, 11) is 0. The van der Waals surface area contributed by atoms with E-state index < -0.39 is 0 Å². The predicted molar refractivity (Wildman–Crippen MR) is 62.5 cm³/mol. The summed E-state index contributed by atoms with van der Waals surface area (Å²) in [5.41, 5.74) is 0.793. The Morgan fingerprint density at radius 1 is 1.19 bits per heavy atom. The van der Waals surface area contributed by atoms with Gasteiger partial charge in [0.05, 0.1) is 17.4 Å². The standard InChI is InChI=1S/C11H10ClN3O/c12-9-6-14-11(15-7-9)13-5-8-3-1-2-4-10(8)16/h1-4,6-7,16H,5H2,(H,13,14,15). The number of para-hydroxylation sites is 1. The average Bonchev–Trinajstić information content (AvgIpc) is 2.30. The van der Waals surface area contributed by atoms with Gasteiger partial charge in [-0.05, 0) is 6.07 Å². The number of aromatic hydroxyl groups is 1. The molecule has 16 heavy (non-hydrogen) atoms. The molecule has 0 unspecified atom stereocenters. The van der Waals surface area contributed by atoms with E-state index in [0.717, 1.165) is 5.56 Å². The fourth-order valence-corrected chi connectivity index (χ4v) is 1.34. The molecule has 2 aromatic rings. The first-order chi connectivity index (χ1) is 7.75. The maximum atomic E-state index is 9.53. The number of nitrogens with zero attached hydrogens (tertiary/aromatic N) is 2. The zero-order chi connectivity index (χ0) is 11.4. The molecule has 0 saturated carbocycles. The molecule has 1 aromatic heterocycles. The smallest absolute Gasteiger partial charge is 0.222 e. The van der Waals surface area contributed by atoms with E-state index in [4.69, 9.17) is 11.6 Å². The molecule has 0 aliphatic rings. The van der Waals surface area contributed by atoms with Crippen LogP contribution in [0.25, 0.3) is 0 Å². The summed E-state index contributed by atoms with van der Waals surface area (Å²) in [6, 6.07) is 7.11. The normalized spacial score (nSPS) is 10.1. The number of benzene rings is 1. The molecule has 5 heteroatoms. The van der Waals surface area contributed by atoms with Crippen LogP contribution >= 0.6 is 11.6 Å². The highest BCUT2D eigenvalue weighted by molar-refractivity contribution is 6.30. The van der Waals surface area contributed by atoms with Gasteiger partial charge in [0.1, 0.15) is 5.75 Å². The zero-order valence-electron chi connectivity index (χ0n) is 8.39. The van der Waals surface area contributed by atoms with Crippen molar-refractivity contribution in [3.63, 3.8) is 0 Å². The molecule has 2 rings (SSSR count). The van der Waals surface area contributed by atoms with Gasteiger partial charge < -0.3 is 10.4 Å². The summed E-state index contributed by atoms with van der Waals surface area (Å²) in [4.78, 5) is 7.97. The molecular weight excluding hydrogens is 226 g/mol. The van der Waals surface area contributed by atoms with Gasteiger partial charge in [-0.15, -0.1) is 0 Å². The lowest BCUT2D eigenvalue weighted by Gasteiger charge is -2.05. The highest BCUT2D eigenvalue weighted by Crippen LogP contribution is 2.16. The van der Waals surface area contributed by atoms with E-state index in [1.54, 1.807) is 12.1 Å². The van der Waals surface area contributed by atoms with Gasteiger partial charge in [-0.2, -0.15) is 0 Å². The maximum Gasteiger partial charge on any atom is 0.222 e. The Bertz CT molecular complexity index is 473. The number of phenols is 1. The van der Waals surface area contributed by atoms with Gasteiger partial charge in [-0.1, -0.05) is 29.8 Å². The second-order valence-electron chi connectivity index (χ2n) is 3.21. The van der Waals surface area contributed by atoms with E-state index in [1.165, 1.54) is 12.4 Å². The van der Waals surface area contributed by atoms with Crippen molar-refractivity contribution in [3.8, 4) is 5.75 Å². The summed E-state index contributed by atoms with van der Waals surface area (Å²) in [5, 5.41) is 13.0. The minimum atomic E-state index is 0.254. The molecule has 4 nitrogen and oxygen atoms in total. The maximum absolute atomic E-state index is 9.53. The van der Waals surface area contributed by atoms with Crippen molar-refractivity contribution < 1.29 is 5.11 Å². The molecule has 1 aromatic carbocycles. The van der Waals surface area contributed by atoms with Gasteiger partial charge in [0.25, 0.3) is 0 Å². The lowest BCUT2D eigenvalue weighted by Crippen LogP contribution is -2.03. The van der Waals surface area contributed by atoms with Crippen molar-refractivity contribution in [1.82, 2.24) is 9.97 Å². The number of hydrogen-bond donors (Lipinski definition) is 2. The van der Waals surface area contributed by atoms with Gasteiger partial charge in [-0.25, -0.2) is 9.97 Å². The number of nitrogens with one attached hydrogen (secondary N) is 1. The minimum Gasteiger partial charge on any atom is -0.508 e. The molecule has 1 heterocycles. The third-order valence-electron chi connectivity index (χ3n) is 2.05. The van der Waals surface area contributed by atoms with E-state index in [9.17, 15) is 5.11 Å². The van der Waals surface area contributed by atoms with Crippen LogP contribution in [0.3, 0.4) is 0 Å². The van der Waals surface area contributed by atoms with Crippen LogP contribution in [0, 0.1) is 0 Å². The topological polar surface area (TPSA) is 58.0 Å². The molecule has 82 valence electrons. The second-order valence-corrected chi connectivity index (χ2v) is 3.64. The largest absolute Gasteiger partial charge is 0.508 e. The number of anilines is 1. The van der Waals surface area contributed by atoms with Crippen molar-refractivity contribution in [2.24, 2.45) is 0 Å². The average molecular weight is 236 g/mol. The van der Waals surface area contributed by atoms with Gasteiger partial charge in [0, 0.05) is 12.1 Å². The predicted octanol–water partition coefficient (Wildman–Crippen LogP) is 2.45. The Balaban J connectivity index is 2.02. The number of phenolic OH excluding ortho intramolecular Hbond substituents is 1. The number of aromatic nitrogens is 2. The van der Waals surface area contributed by atoms with Crippen molar-refractivity contribution in [3.05, 3.63) is 47.2 Å². The highest BCUT2D eigenvalue weighted by Gasteiger charge is 2.00. The first kappa shape index (κ1) is 10.7. The molecule has 0 saturated heterocycles. The molecule has 0 aliphatic heterocycles. The zero-order valence-corrected chi connectivity index (χ0v) is 9.15. The third kappa shape index (κ3) is 2.61. The first-order valence-corrected chi connectivity index (χ1v) is 5.12. The SMILES string of the molecule is Oc1ccccc1CNc1ncc(Cl)cn1. The second kappa shape index (κ2) is 4.81. The Morgan fingerprint density at radius 2 is 1.88 bits per heavy atom. The first-order valence-electron chi connectivity index (χ1n) is 4.74. The summed E-state index contributed by atoms with van der Waals surface area (Å²) < 4.78 is 0. The number of rotatable bonds is 3. The van der Waals surface area contributed by atoms with Crippen LogP contribution in [0.4, 0.5) is 5.95 Å². The van der Waals surface area contributed by atoms with Crippen LogP contribution in [0.15, 0.2) is 36.7 Å². The van der Waals surface area contributed by atoms with Crippen molar-refractivity contribution in [2.45, 2.75) is 6.54 Å². The van der Waals surface area contributed by atoms with Crippen LogP contribution in [-0.4, -0.2) is 15.1 Å². The van der Waals surface area contributed by atoms with Gasteiger partial charge >= 0.3 is 0 Å². The number of halogens is 1. The highest BCUT2D eigenvalue weighted by atomic mass is 35.5. The fourth-order valence-electron chi connectivity index (χ4n) is 1.24. The van der Waals surface area contributed by atoms with E-state index in [-0.39, 0.29) is 5.75 Å². The Labute approximate surface area is 97.9 Å². The van der Waals surface area contributed by atoms with Gasteiger partial charge in [-0.3, -0.25) is 0 Å². The molecule has 0 aliphatic carbocycles. The van der Waals surface area contributed by atoms with Crippen LogP contribution in [0.1, 0.15) is 5.56 Å². The van der Waals surface area contributed by atoms with Gasteiger partial charge in [0.2, 0.25) is 5.95 Å². The molecule has 0 spiro atoms. The van der Waals surface area contributed by atoms with Gasteiger partial charge in [0.15, 0.2) is 0 Å². The van der Waals surface area contributed by atoms with Crippen molar-refractivity contribution in [1.29, 1.82) is 0 Å². The van der Waals surface area contributed by atoms with E-state index in [0.29, 0.717) is 17.5 Å². The Hall–Kier alpha value is -1.81. The molecule has 2 N–H and O–H groups in total. The van der Waals surface area contributed by atoms with E-state index >= 15 is 0 Å². The summed E-state index contributed by atoms with van der Waals surface area (Å²) >= 11 is 5.66. The quantitative estimate of drug-likeness (QED) is 0.858. The van der Waals surface area contributed by atoms with E-state index in [1.807, 2.05) is 12.1 Å². The number of hydrogen-bond acceptors (Lipinski definition) is 4. The van der Waals surface area contributed by atoms with Crippen molar-refractivity contribution >= 4 is 17.5 Å². The summed E-state index contributed by atoms with van der Waals surface area (Å²) in [6.45, 7) is 0.467. The molecule has 0 fully saturated rings.